The lowest BCUT2D eigenvalue weighted by molar-refractivity contribution is -0.151. The molecule has 46 heavy (non-hydrogen) atoms. The third-order valence-electron chi connectivity index (χ3n) is 8.96. The number of carbonyl (C=O) groups is 3. The van der Waals surface area contributed by atoms with E-state index in [1.807, 2.05) is 0 Å². The van der Waals surface area contributed by atoms with Crippen molar-refractivity contribution in [3.8, 4) is 0 Å². The molecule has 2 amide bonds. The second-order valence-corrected chi connectivity index (χ2v) is 13.6. The second-order valence-electron chi connectivity index (χ2n) is 13.6. The van der Waals surface area contributed by atoms with Crippen LogP contribution in [-0.4, -0.2) is 48.2 Å². The van der Waals surface area contributed by atoms with E-state index in [2.05, 4.69) is 31.4 Å². The van der Waals surface area contributed by atoms with E-state index in [1.165, 1.54) is 103 Å². The predicted octanol–water partition coefficient (Wildman–Crippen LogP) is 9.86. The maximum atomic E-state index is 12.8. The van der Waals surface area contributed by atoms with Crippen molar-refractivity contribution in [1.29, 1.82) is 0 Å². The first-order valence-electron chi connectivity index (χ1n) is 19.8. The summed E-state index contributed by atoms with van der Waals surface area (Å²) in [6.07, 6.45) is 31.0. The number of unbranched alkanes of at least 4 members (excludes halogenated alkanes) is 22. The van der Waals surface area contributed by atoms with Crippen LogP contribution in [-0.2, 0) is 19.1 Å². The van der Waals surface area contributed by atoms with Gasteiger partial charge in [-0.15, -0.1) is 0 Å². The summed E-state index contributed by atoms with van der Waals surface area (Å²) in [6.45, 7) is 6.59. The number of carbonyl (C=O) groups excluding carboxylic acids is 3. The van der Waals surface area contributed by atoms with Crippen LogP contribution in [0.15, 0.2) is 0 Å². The number of amides is 2. The predicted molar refractivity (Wildman–Crippen MR) is 193 cm³/mol. The molecule has 0 fully saturated rings. The zero-order valence-electron chi connectivity index (χ0n) is 30.7. The topological polar surface area (TPSA) is 105 Å². The van der Waals surface area contributed by atoms with Gasteiger partial charge in [0.05, 0.1) is 19.1 Å². The Morgan fingerprint density at radius 1 is 0.543 bits per heavy atom. The monoisotopic (exact) mass is 653 g/mol. The third kappa shape index (κ3) is 31.0. The minimum atomic E-state index is -0.522. The van der Waals surface area contributed by atoms with Crippen molar-refractivity contribution in [2.24, 2.45) is 0 Å². The summed E-state index contributed by atoms with van der Waals surface area (Å²) in [6, 6.07) is -0.522. The Morgan fingerprint density at radius 2 is 0.957 bits per heavy atom. The molecular formula is C39H76N2O5. The summed E-state index contributed by atoms with van der Waals surface area (Å²) in [5.74, 6) is -0.510. The molecule has 0 aromatic rings. The lowest BCUT2D eigenvalue weighted by Gasteiger charge is -2.20. The van der Waals surface area contributed by atoms with Crippen LogP contribution >= 0.6 is 0 Å². The first-order valence-corrected chi connectivity index (χ1v) is 19.8. The van der Waals surface area contributed by atoms with E-state index < -0.39 is 12.1 Å². The quantitative estimate of drug-likeness (QED) is 0.0467. The molecule has 7 heteroatoms. The summed E-state index contributed by atoms with van der Waals surface area (Å²) >= 11 is 0. The van der Waals surface area contributed by atoms with Crippen LogP contribution in [0.2, 0.25) is 0 Å². The van der Waals surface area contributed by atoms with E-state index >= 15 is 0 Å². The Balaban J connectivity index is 4.31. The van der Waals surface area contributed by atoms with E-state index in [9.17, 15) is 19.5 Å². The fourth-order valence-electron chi connectivity index (χ4n) is 5.93. The van der Waals surface area contributed by atoms with Crippen molar-refractivity contribution in [2.75, 3.05) is 13.2 Å². The molecule has 0 radical (unpaired) electrons. The van der Waals surface area contributed by atoms with Gasteiger partial charge < -0.3 is 20.5 Å². The number of hydrogen-bond donors (Lipinski definition) is 3. The highest BCUT2D eigenvalue weighted by Crippen LogP contribution is 2.16. The molecule has 0 rings (SSSR count). The van der Waals surface area contributed by atoms with E-state index in [4.69, 9.17) is 4.74 Å². The van der Waals surface area contributed by atoms with Gasteiger partial charge in [0.25, 0.3) is 0 Å². The van der Waals surface area contributed by atoms with Gasteiger partial charge in [-0.1, -0.05) is 162 Å². The van der Waals surface area contributed by atoms with Crippen molar-refractivity contribution in [3.63, 3.8) is 0 Å². The van der Waals surface area contributed by atoms with Gasteiger partial charge in [0.2, 0.25) is 11.8 Å². The van der Waals surface area contributed by atoms with Crippen LogP contribution in [0.1, 0.15) is 207 Å². The Kier molecular flexibility index (Phi) is 33.5. The maximum Gasteiger partial charge on any atom is 0.306 e. The number of aliphatic hydroxyl groups is 1. The molecule has 0 aromatic carbocycles. The van der Waals surface area contributed by atoms with Gasteiger partial charge in [-0.3, -0.25) is 14.4 Å². The van der Waals surface area contributed by atoms with Gasteiger partial charge in [-0.2, -0.15) is 0 Å². The highest BCUT2D eigenvalue weighted by Gasteiger charge is 2.20. The average Bonchev–Trinajstić information content (AvgIpc) is 3.04. The molecule has 0 bridgehead atoms. The molecule has 0 spiro atoms. The van der Waals surface area contributed by atoms with E-state index in [0.717, 1.165) is 57.8 Å². The molecular weight excluding hydrogens is 576 g/mol. The summed E-state index contributed by atoms with van der Waals surface area (Å²) in [5, 5.41) is 15.5. The lowest BCUT2D eigenvalue weighted by Crippen LogP contribution is -2.46. The minimum absolute atomic E-state index is 0.0837. The SMILES string of the molecule is CCCCCCCCCCCCCC(=O)NC(CO)CNC(=O)CC(CCCCCCC)OC(=O)CCCCCCCCCCC. The molecule has 7 nitrogen and oxygen atoms in total. The minimum Gasteiger partial charge on any atom is -0.462 e. The van der Waals surface area contributed by atoms with E-state index in [-0.39, 0.29) is 37.4 Å². The normalized spacial score (nSPS) is 12.5. The van der Waals surface area contributed by atoms with Gasteiger partial charge in [-0.05, 0) is 25.7 Å². The summed E-state index contributed by atoms with van der Waals surface area (Å²) in [7, 11) is 0. The van der Waals surface area contributed by atoms with Crippen LogP contribution in [0.5, 0.6) is 0 Å². The molecule has 0 aliphatic carbocycles. The molecule has 0 aliphatic heterocycles. The second kappa shape index (κ2) is 34.7. The van der Waals surface area contributed by atoms with Crippen LogP contribution < -0.4 is 10.6 Å². The lowest BCUT2D eigenvalue weighted by atomic mass is 10.0. The zero-order valence-corrected chi connectivity index (χ0v) is 30.7. The first-order chi connectivity index (χ1) is 22.5. The van der Waals surface area contributed by atoms with E-state index in [1.54, 1.807) is 0 Å². The zero-order chi connectivity index (χ0) is 33.9. The van der Waals surface area contributed by atoms with Gasteiger partial charge in [0.1, 0.15) is 6.10 Å². The smallest absolute Gasteiger partial charge is 0.306 e. The molecule has 0 saturated carbocycles. The van der Waals surface area contributed by atoms with Crippen molar-refractivity contribution in [3.05, 3.63) is 0 Å². The number of esters is 1. The summed E-state index contributed by atoms with van der Waals surface area (Å²) < 4.78 is 5.78. The molecule has 2 atom stereocenters. The third-order valence-corrected chi connectivity index (χ3v) is 8.96. The Hall–Kier alpha value is -1.63. The van der Waals surface area contributed by atoms with Crippen molar-refractivity contribution < 1.29 is 24.2 Å². The molecule has 272 valence electrons. The number of aliphatic hydroxyl groups excluding tert-OH is 1. The molecule has 3 N–H and O–H groups in total. The molecule has 2 unspecified atom stereocenters. The standard InChI is InChI=1S/C39H76N2O5/c1-4-7-10-13-15-17-18-20-21-24-27-30-37(43)41-35(34-42)33-40-38(44)32-36(29-26-23-12-9-6-3)46-39(45)31-28-25-22-19-16-14-11-8-5-2/h35-36,42H,4-34H2,1-3H3,(H,40,44)(H,41,43). The summed E-state index contributed by atoms with van der Waals surface area (Å²) in [5.41, 5.74) is 0. The van der Waals surface area contributed by atoms with E-state index in [0.29, 0.717) is 19.3 Å². The summed E-state index contributed by atoms with van der Waals surface area (Å²) in [4.78, 5) is 37.8. The Bertz CT molecular complexity index is 702. The Labute approximate surface area is 284 Å². The maximum absolute atomic E-state index is 12.8. The largest absolute Gasteiger partial charge is 0.462 e. The number of ether oxygens (including phenoxy) is 1. The fourth-order valence-corrected chi connectivity index (χ4v) is 5.93. The first kappa shape index (κ1) is 44.4. The van der Waals surface area contributed by atoms with Gasteiger partial charge >= 0.3 is 5.97 Å². The van der Waals surface area contributed by atoms with Crippen molar-refractivity contribution in [2.45, 2.75) is 219 Å². The van der Waals surface area contributed by atoms with Crippen molar-refractivity contribution in [1.82, 2.24) is 10.6 Å². The van der Waals surface area contributed by atoms with Crippen LogP contribution in [0, 0.1) is 0 Å². The molecule has 0 heterocycles. The van der Waals surface area contributed by atoms with Crippen molar-refractivity contribution >= 4 is 17.8 Å². The number of rotatable bonds is 35. The Morgan fingerprint density at radius 3 is 1.41 bits per heavy atom. The molecule has 0 aliphatic rings. The molecule has 0 saturated heterocycles. The van der Waals surface area contributed by atoms with Gasteiger partial charge in [-0.25, -0.2) is 0 Å². The van der Waals surface area contributed by atoms with Crippen LogP contribution in [0.25, 0.3) is 0 Å². The molecule has 0 aromatic heterocycles. The number of hydrogen-bond acceptors (Lipinski definition) is 5. The fraction of sp³-hybridized carbons (Fsp3) is 0.923. The van der Waals surface area contributed by atoms with Crippen LogP contribution in [0.3, 0.4) is 0 Å². The highest BCUT2D eigenvalue weighted by molar-refractivity contribution is 5.78. The highest BCUT2D eigenvalue weighted by atomic mass is 16.5. The average molecular weight is 653 g/mol. The van der Waals surface area contributed by atoms with Gasteiger partial charge in [0, 0.05) is 19.4 Å². The number of nitrogens with one attached hydrogen (secondary N) is 2. The van der Waals surface area contributed by atoms with Crippen LogP contribution in [0.4, 0.5) is 0 Å². The van der Waals surface area contributed by atoms with Gasteiger partial charge in [0.15, 0.2) is 0 Å².